The third-order valence-electron chi connectivity index (χ3n) is 4.27. The van der Waals surface area contributed by atoms with Crippen molar-refractivity contribution in [1.29, 1.82) is 0 Å². The van der Waals surface area contributed by atoms with E-state index in [4.69, 9.17) is 5.73 Å². The van der Waals surface area contributed by atoms with Crippen LogP contribution in [0.2, 0.25) is 0 Å². The quantitative estimate of drug-likeness (QED) is 0.912. The van der Waals surface area contributed by atoms with Crippen molar-refractivity contribution in [2.24, 2.45) is 5.73 Å². The molecule has 1 aromatic rings. The SMILES string of the molecule is CN(C(=O)CN(C)C1CCC(N)CC1)c1ccccc1. The number of benzene rings is 1. The van der Waals surface area contributed by atoms with Gasteiger partial charge in [0.1, 0.15) is 0 Å². The van der Waals surface area contributed by atoms with Gasteiger partial charge in [-0.1, -0.05) is 18.2 Å². The van der Waals surface area contributed by atoms with E-state index in [1.54, 1.807) is 4.90 Å². The van der Waals surface area contributed by atoms with E-state index in [9.17, 15) is 4.79 Å². The number of nitrogens with two attached hydrogens (primary N) is 1. The predicted octanol–water partition coefficient (Wildman–Crippen LogP) is 1.85. The maximum absolute atomic E-state index is 12.3. The molecule has 4 nitrogen and oxygen atoms in total. The van der Waals surface area contributed by atoms with Crippen LogP contribution in [-0.4, -0.2) is 43.5 Å². The van der Waals surface area contributed by atoms with Crippen LogP contribution in [0.1, 0.15) is 25.7 Å². The third-order valence-corrected chi connectivity index (χ3v) is 4.27. The summed E-state index contributed by atoms with van der Waals surface area (Å²) < 4.78 is 0. The zero-order valence-electron chi connectivity index (χ0n) is 12.5. The van der Waals surface area contributed by atoms with Crippen molar-refractivity contribution in [3.8, 4) is 0 Å². The summed E-state index contributed by atoms with van der Waals surface area (Å²) in [5, 5.41) is 0. The largest absolute Gasteiger partial charge is 0.328 e. The molecule has 1 aromatic carbocycles. The van der Waals surface area contributed by atoms with Crippen molar-refractivity contribution in [3.63, 3.8) is 0 Å². The van der Waals surface area contributed by atoms with Crippen molar-refractivity contribution < 1.29 is 4.79 Å². The molecule has 1 amide bonds. The highest BCUT2D eigenvalue weighted by atomic mass is 16.2. The molecule has 0 unspecified atom stereocenters. The van der Waals surface area contributed by atoms with Crippen LogP contribution in [0.25, 0.3) is 0 Å². The van der Waals surface area contributed by atoms with E-state index < -0.39 is 0 Å². The van der Waals surface area contributed by atoms with Gasteiger partial charge in [0.2, 0.25) is 5.91 Å². The molecule has 1 aliphatic carbocycles. The average Bonchev–Trinajstić information content (AvgIpc) is 2.48. The Morgan fingerprint density at radius 1 is 1.15 bits per heavy atom. The van der Waals surface area contributed by atoms with Gasteiger partial charge in [0, 0.05) is 24.8 Å². The zero-order chi connectivity index (χ0) is 14.5. The molecule has 20 heavy (non-hydrogen) atoms. The van der Waals surface area contributed by atoms with Crippen LogP contribution in [0.15, 0.2) is 30.3 Å². The summed E-state index contributed by atoms with van der Waals surface area (Å²) in [7, 11) is 3.88. The minimum atomic E-state index is 0.133. The fourth-order valence-corrected chi connectivity index (χ4v) is 2.79. The minimum Gasteiger partial charge on any atom is -0.328 e. The number of likely N-dealkylation sites (N-methyl/N-ethyl adjacent to an activating group) is 2. The maximum atomic E-state index is 12.3. The van der Waals surface area contributed by atoms with E-state index in [-0.39, 0.29) is 5.91 Å². The number of nitrogens with zero attached hydrogens (tertiary/aromatic N) is 2. The summed E-state index contributed by atoms with van der Waals surface area (Å²) in [5.74, 6) is 0.133. The lowest BCUT2D eigenvalue weighted by Gasteiger charge is -2.33. The molecule has 0 radical (unpaired) electrons. The molecule has 0 aliphatic heterocycles. The second kappa shape index (κ2) is 6.86. The summed E-state index contributed by atoms with van der Waals surface area (Å²) in [6.45, 7) is 0.464. The highest BCUT2D eigenvalue weighted by molar-refractivity contribution is 5.94. The van der Waals surface area contributed by atoms with Crippen LogP contribution in [0.5, 0.6) is 0 Å². The number of carbonyl (C=O) groups excluding carboxylic acids is 1. The third kappa shape index (κ3) is 3.81. The first-order valence-corrected chi connectivity index (χ1v) is 7.35. The Balaban J connectivity index is 1.87. The van der Waals surface area contributed by atoms with Crippen molar-refractivity contribution in [2.45, 2.75) is 37.8 Å². The zero-order valence-corrected chi connectivity index (χ0v) is 12.5. The molecular weight excluding hydrogens is 250 g/mol. The van der Waals surface area contributed by atoms with Gasteiger partial charge in [0.05, 0.1) is 6.54 Å². The van der Waals surface area contributed by atoms with Gasteiger partial charge >= 0.3 is 0 Å². The summed E-state index contributed by atoms with van der Waals surface area (Å²) in [6.07, 6.45) is 4.33. The fourth-order valence-electron chi connectivity index (χ4n) is 2.79. The molecule has 0 atom stereocenters. The van der Waals surface area contributed by atoms with E-state index in [0.29, 0.717) is 18.6 Å². The molecule has 2 rings (SSSR count). The van der Waals surface area contributed by atoms with Crippen LogP contribution < -0.4 is 10.6 Å². The number of anilines is 1. The molecule has 0 bridgehead atoms. The summed E-state index contributed by atoms with van der Waals surface area (Å²) in [5.41, 5.74) is 6.87. The van der Waals surface area contributed by atoms with Gasteiger partial charge in [-0.3, -0.25) is 9.69 Å². The second-order valence-corrected chi connectivity index (χ2v) is 5.77. The van der Waals surface area contributed by atoms with E-state index in [2.05, 4.69) is 4.90 Å². The Bertz CT molecular complexity index is 427. The Hall–Kier alpha value is -1.39. The molecule has 0 spiro atoms. The monoisotopic (exact) mass is 275 g/mol. The van der Waals surface area contributed by atoms with Crippen LogP contribution in [-0.2, 0) is 4.79 Å². The molecular formula is C16H25N3O. The molecule has 1 aliphatic rings. The maximum Gasteiger partial charge on any atom is 0.240 e. The van der Waals surface area contributed by atoms with Crippen molar-refractivity contribution >= 4 is 11.6 Å². The summed E-state index contributed by atoms with van der Waals surface area (Å²) >= 11 is 0. The van der Waals surface area contributed by atoms with Crippen LogP contribution in [0, 0.1) is 0 Å². The first-order valence-electron chi connectivity index (χ1n) is 7.35. The highest BCUT2D eigenvalue weighted by Crippen LogP contribution is 2.21. The van der Waals surface area contributed by atoms with Gasteiger partial charge in [0.15, 0.2) is 0 Å². The Morgan fingerprint density at radius 3 is 2.35 bits per heavy atom. The van der Waals surface area contributed by atoms with E-state index in [1.807, 2.05) is 44.4 Å². The predicted molar refractivity (Wildman–Crippen MR) is 82.7 cm³/mol. The van der Waals surface area contributed by atoms with Gasteiger partial charge < -0.3 is 10.6 Å². The van der Waals surface area contributed by atoms with Crippen molar-refractivity contribution in [3.05, 3.63) is 30.3 Å². The number of para-hydroxylation sites is 1. The standard InChI is InChI=1S/C16H25N3O/c1-18(14-10-8-13(17)9-11-14)12-16(20)19(2)15-6-4-3-5-7-15/h3-7,13-14H,8-12,17H2,1-2H3. The lowest BCUT2D eigenvalue weighted by Crippen LogP contribution is -2.44. The molecule has 4 heteroatoms. The fraction of sp³-hybridized carbons (Fsp3) is 0.562. The molecule has 0 heterocycles. The molecule has 1 fully saturated rings. The van der Waals surface area contributed by atoms with E-state index >= 15 is 0 Å². The lowest BCUT2D eigenvalue weighted by molar-refractivity contribution is -0.119. The number of hydrogen-bond acceptors (Lipinski definition) is 3. The van der Waals surface area contributed by atoms with Crippen LogP contribution in [0.3, 0.4) is 0 Å². The number of amides is 1. The van der Waals surface area contributed by atoms with E-state index in [1.165, 1.54) is 0 Å². The summed E-state index contributed by atoms with van der Waals surface area (Å²) in [4.78, 5) is 16.2. The number of rotatable bonds is 4. The Kier molecular flexibility index (Phi) is 5.15. The first kappa shape index (κ1) is 15.0. The number of hydrogen-bond donors (Lipinski definition) is 1. The van der Waals surface area contributed by atoms with Gasteiger partial charge in [-0.15, -0.1) is 0 Å². The van der Waals surface area contributed by atoms with Crippen LogP contribution in [0.4, 0.5) is 5.69 Å². The van der Waals surface area contributed by atoms with Gasteiger partial charge in [-0.25, -0.2) is 0 Å². The highest BCUT2D eigenvalue weighted by Gasteiger charge is 2.24. The molecule has 0 aromatic heterocycles. The van der Waals surface area contributed by atoms with Gasteiger partial charge in [0.25, 0.3) is 0 Å². The molecule has 0 saturated heterocycles. The van der Waals surface area contributed by atoms with E-state index in [0.717, 1.165) is 31.4 Å². The lowest BCUT2D eigenvalue weighted by atomic mass is 9.91. The smallest absolute Gasteiger partial charge is 0.240 e. The molecule has 2 N–H and O–H groups in total. The van der Waals surface area contributed by atoms with Crippen molar-refractivity contribution in [2.75, 3.05) is 25.5 Å². The topological polar surface area (TPSA) is 49.6 Å². The normalized spacial score (nSPS) is 22.8. The van der Waals surface area contributed by atoms with Crippen LogP contribution >= 0.6 is 0 Å². The van der Waals surface area contributed by atoms with Gasteiger partial charge in [-0.2, -0.15) is 0 Å². The average molecular weight is 275 g/mol. The molecule has 110 valence electrons. The Morgan fingerprint density at radius 2 is 1.75 bits per heavy atom. The van der Waals surface area contributed by atoms with Crippen molar-refractivity contribution in [1.82, 2.24) is 4.90 Å². The minimum absolute atomic E-state index is 0.133. The Labute approximate surface area is 121 Å². The summed E-state index contributed by atoms with van der Waals surface area (Å²) in [6, 6.07) is 10.6. The number of carbonyl (C=O) groups is 1. The van der Waals surface area contributed by atoms with Gasteiger partial charge in [-0.05, 0) is 44.9 Å². The first-order chi connectivity index (χ1) is 9.58. The molecule has 1 saturated carbocycles. The second-order valence-electron chi connectivity index (χ2n) is 5.77.